The van der Waals surface area contributed by atoms with Crippen molar-refractivity contribution in [1.29, 1.82) is 0 Å². The van der Waals surface area contributed by atoms with Crippen molar-refractivity contribution in [1.82, 2.24) is 15.6 Å². The van der Waals surface area contributed by atoms with Crippen LogP contribution in [0.5, 0.6) is 0 Å². The number of hydrogen-bond donors (Lipinski definition) is 3. The number of carboxylic acid groups (broad SMARTS) is 1. The maximum atomic E-state index is 11.7. The Hall–Kier alpha value is -2.15. The van der Waals surface area contributed by atoms with Gasteiger partial charge in [0.15, 0.2) is 6.04 Å². The SMILES string of the molecule is COCC(NC(=O)NC(C)c1ccncc1)C(=O)O. The molecule has 2 atom stereocenters. The Labute approximate surface area is 111 Å². The fraction of sp³-hybridized carbons (Fsp3) is 0.417. The van der Waals surface area contributed by atoms with Gasteiger partial charge in [-0.15, -0.1) is 0 Å². The average molecular weight is 267 g/mol. The molecule has 19 heavy (non-hydrogen) atoms. The lowest BCUT2D eigenvalue weighted by Crippen LogP contribution is -2.48. The maximum Gasteiger partial charge on any atom is 0.328 e. The third kappa shape index (κ3) is 4.92. The van der Waals surface area contributed by atoms with Gasteiger partial charge in [0.05, 0.1) is 12.6 Å². The summed E-state index contributed by atoms with van der Waals surface area (Å²) in [5.74, 6) is -1.14. The van der Waals surface area contributed by atoms with E-state index in [2.05, 4.69) is 15.6 Å². The lowest BCUT2D eigenvalue weighted by molar-refractivity contribution is -0.140. The summed E-state index contributed by atoms with van der Waals surface area (Å²) in [6.45, 7) is 1.70. The van der Waals surface area contributed by atoms with Crippen LogP contribution in [0.3, 0.4) is 0 Å². The molecule has 0 aliphatic heterocycles. The van der Waals surface area contributed by atoms with Crippen LogP contribution in [0, 0.1) is 0 Å². The standard InChI is InChI=1S/C12H17N3O4/c1-8(9-3-5-13-6-4-9)14-12(18)15-10(7-19-2)11(16)17/h3-6,8,10H,7H2,1-2H3,(H,16,17)(H2,14,15,18). The van der Waals surface area contributed by atoms with Crippen molar-refractivity contribution < 1.29 is 19.4 Å². The third-order valence-corrected chi connectivity index (χ3v) is 2.49. The molecule has 0 aliphatic carbocycles. The summed E-state index contributed by atoms with van der Waals surface area (Å²) in [6.07, 6.45) is 3.24. The minimum Gasteiger partial charge on any atom is -0.480 e. The Balaban J connectivity index is 2.52. The summed E-state index contributed by atoms with van der Waals surface area (Å²) in [5, 5.41) is 13.8. The zero-order valence-electron chi connectivity index (χ0n) is 10.8. The van der Waals surface area contributed by atoms with E-state index in [0.29, 0.717) is 0 Å². The van der Waals surface area contributed by atoms with Crippen LogP contribution in [-0.4, -0.2) is 41.8 Å². The number of carboxylic acids is 1. The van der Waals surface area contributed by atoms with Gasteiger partial charge in [0.2, 0.25) is 0 Å². The minimum absolute atomic E-state index is 0.0909. The molecule has 0 bridgehead atoms. The fourth-order valence-electron chi connectivity index (χ4n) is 1.47. The first-order chi connectivity index (χ1) is 9.04. The number of nitrogens with zero attached hydrogens (tertiary/aromatic N) is 1. The molecule has 1 aromatic rings. The number of methoxy groups -OCH3 is 1. The predicted molar refractivity (Wildman–Crippen MR) is 67.6 cm³/mol. The molecule has 2 amide bonds. The van der Waals surface area contributed by atoms with Gasteiger partial charge in [0.1, 0.15) is 0 Å². The van der Waals surface area contributed by atoms with E-state index in [-0.39, 0.29) is 12.6 Å². The highest BCUT2D eigenvalue weighted by atomic mass is 16.5. The van der Waals surface area contributed by atoms with Crippen molar-refractivity contribution in [3.63, 3.8) is 0 Å². The second-order valence-corrected chi connectivity index (χ2v) is 3.97. The molecule has 0 spiro atoms. The number of rotatable bonds is 6. The van der Waals surface area contributed by atoms with Gasteiger partial charge in [0, 0.05) is 19.5 Å². The van der Waals surface area contributed by atoms with Gasteiger partial charge in [-0.2, -0.15) is 0 Å². The molecule has 1 aromatic heterocycles. The summed E-state index contributed by atoms with van der Waals surface area (Å²) < 4.78 is 4.72. The summed E-state index contributed by atoms with van der Waals surface area (Å²) in [6, 6.07) is 1.66. The average Bonchev–Trinajstić information content (AvgIpc) is 2.39. The van der Waals surface area contributed by atoms with E-state index in [4.69, 9.17) is 9.84 Å². The summed E-state index contributed by atoms with van der Waals surface area (Å²) in [7, 11) is 1.37. The number of nitrogens with one attached hydrogen (secondary N) is 2. The first kappa shape index (κ1) is 14.9. The van der Waals surface area contributed by atoms with Crippen molar-refractivity contribution in [3.8, 4) is 0 Å². The second-order valence-electron chi connectivity index (χ2n) is 3.97. The largest absolute Gasteiger partial charge is 0.480 e. The van der Waals surface area contributed by atoms with Gasteiger partial charge in [-0.05, 0) is 24.6 Å². The predicted octanol–water partition coefficient (Wildman–Crippen LogP) is 0.541. The topological polar surface area (TPSA) is 101 Å². The molecule has 0 aromatic carbocycles. The van der Waals surface area contributed by atoms with Crippen molar-refractivity contribution in [2.75, 3.05) is 13.7 Å². The van der Waals surface area contributed by atoms with Crippen LogP contribution in [0.25, 0.3) is 0 Å². The monoisotopic (exact) mass is 267 g/mol. The lowest BCUT2D eigenvalue weighted by atomic mass is 10.1. The molecule has 0 saturated heterocycles. The molecule has 0 aliphatic rings. The molecule has 3 N–H and O–H groups in total. The Bertz CT molecular complexity index is 424. The molecule has 7 nitrogen and oxygen atoms in total. The number of pyridine rings is 1. The Morgan fingerprint density at radius 3 is 2.53 bits per heavy atom. The van der Waals surface area contributed by atoms with E-state index in [1.54, 1.807) is 31.5 Å². The number of hydrogen-bond acceptors (Lipinski definition) is 4. The van der Waals surface area contributed by atoms with E-state index < -0.39 is 18.0 Å². The third-order valence-electron chi connectivity index (χ3n) is 2.49. The molecule has 0 saturated carbocycles. The van der Waals surface area contributed by atoms with Crippen LogP contribution in [0.2, 0.25) is 0 Å². The number of amides is 2. The van der Waals surface area contributed by atoms with E-state index >= 15 is 0 Å². The van der Waals surface area contributed by atoms with Crippen LogP contribution in [-0.2, 0) is 9.53 Å². The summed E-state index contributed by atoms with van der Waals surface area (Å²) in [4.78, 5) is 26.4. The summed E-state index contributed by atoms with van der Waals surface area (Å²) in [5.41, 5.74) is 0.878. The van der Waals surface area contributed by atoms with Gasteiger partial charge < -0.3 is 20.5 Å². The minimum atomic E-state index is -1.14. The van der Waals surface area contributed by atoms with Crippen LogP contribution >= 0.6 is 0 Å². The molecule has 1 rings (SSSR count). The van der Waals surface area contributed by atoms with E-state index in [9.17, 15) is 9.59 Å². The molecule has 0 radical (unpaired) electrons. The van der Waals surface area contributed by atoms with Crippen LogP contribution in [0.15, 0.2) is 24.5 Å². The van der Waals surface area contributed by atoms with Gasteiger partial charge in [-0.1, -0.05) is 0 Å². The second kappa shape index (κ2) is 7.32. The molecule has 7 heteroatoms. The summed E-state index contributed by atoms with van der Waals surface area (Å²) >= 11 is 0. The first-order valence-electron chi connectivity index (χ1n) is 5.73. The van der Waals surface area contributed by atoms with Gasteiger partial charge in [-0.25, -0.2) is 9.59 Å². The molecule has 2 unspecified atom stereocenters. The first-order valence-corrected chi connectivity index (χ1v) is 5.73. The zero-order chi connectivity index (χ0) is 14.3. The van der Waals surface area contributed by atoms with Crippen LogP contribution in [0.1, 0.15) is 18.5 Å². The molecule has 104 valence electrons. The number of urea groups is 1. The lowest BCUT2D eigenvalue weighted by Gasteiger charge is -2.18. The molecular weight excluding hydrogens is 250 g/mol. The Morgan fingerprint density at radius 2 is 2.00 bits per heavy atom. The number of carbonyl (C=O) groups is 2. The maximum absolute atomic E-state index is 11.7. The normalized spacial score (nSPS) is 13.4. The van der Waals surface area contributed by atoms with Gasteiger partial charge >= 0.3 is 12.0 Å². The number of carbonyl (C=O) groups excluding carboxylic acids is 1. The van der Waals surface area contributed by atoms with Crippen molar-refractivity contribution in [3.05, 3.63) is 30.1 Å². The highest BCUT2D eigenvalue weighted by Crippen LogP contribution is 2.09. The van der Waals surface area contributed by atoms with Crippen LogP contribution in [0.4, 0.5) is 4.79 Å². The van der Waals surface area contributed by atoms with Crippen LogP contribution < -0.4 is 10.6 Å². The van der Waals surface area contributed by atoms with Crippen molar-refractivity contribution in [2.24, 2.45) is 0 Å². The van der Waals surface area contributed by atoms with E-state index in [0.717, 1.165) is 5.56 Å². The van der Waals surface area contributed by atoms with Gasteiger partial charge in [-0.3, -0.25) is 4.98 Å². The highest BCUT2D eigenvalue weighted by Gasteiger charge is 2.20. The van der Waals surface area contributed by atoms with E-state index in [1.807, 2.05) is 0 Å². The highest BCUT2D eigenvalue weighted by molar-refractivity contribution is 5.82. The molecule has 1 heterocycles. The quantitative estimate of drug-likeness (QED) is 0.698. The fourth-order valence-corrected chi connectivity index (χ4v) is 1.47. The van der Waals surface area contributed by atoms with Crippen molar-refractivity contribution in [2.45, 2.75) is 19.0 Å². The Morgan fingerprint density at radius 1 is 1.37 bits per heavy atom. The zero-order valence-corrected chi connectivity index (χ0v) is 10.8. The van der Waals surface area contributed by atoms with Gasteiger partial charge in [0.25, 0.3) is 0 Å². The number of aliphatic carboxylic acids is 1. The van der Waals surface area contributed by atoms with Crippen molar-refractivity contribution >= 4 is 12.0 Å². The smallest absolute Gasteiger partial charge is 0.328 e. The van der Waals surface area contributed by atoms with E-state index in [1.165, 1.54) is 7.11 Å². The molecular formula is C12H17N3O4. The number of aromatic nitrogens is 1. The molecule has 0 fully saturated rings. The Kier molecular flexibility index (Phi) is 5.74. The number of ether oxygens (including phenoxy) is 1.